The van der Waals surface area contributed by atoms with Crippen molar-refractivity contribution in [1.29, 1.82) is 0 Å². The van der Waals surface area contributed by atoms with Gasteiger partial charge in [-0.3, -0.25) is 14.2 Å². The van der Waals surface area contributed by atoms with E-state index in [4.69, 9.17) is 0 Å². The zero-order valence-corrected chi connectivity index (χ0v) is 13.0. The Morgan fingerprint density at radius 3 is 2.95 bits per heavy atom. The van der Waals surface area contributed by atoms with Gasteiger partial charge in [0.25, 0.3) is 5.56 Å². The van der Waals surface area contributed by atoms with Gasteiger partial charge in [-0.2, -0.15) is 0 Å². The molecule has 5 nitrogen and oxygen atoms in total. The standard InChI is InChI=1S/C15H18N2O3S/c1-3-4-7-17-8(2)16-13-12(14(17)18)11-9(15(19)20)5-6-10(11)21-13/h9H,3-7H2,1-2H3,(H,19,20). The van der Waals surface area contributed by atoms with Crippen LogP contribution < -0.4 is 5.56 Å². The first kappa shape index (κ1) is 14.3. The molecule has 0 aromatic carbocycles. The number of unbranched alkanes of at least 4 members (excludes halogenated alkanes) is 1. The number of nitrogens with zero attached hydrogens (tertiary/aromatic N) is 2. The maximum atomic E-state index is 12.8. The van der Waals surface area contributed by atoms with Crippen LogP contribution in [0.2, 0.25) is 0 Å². The Bertz CT molecular complexity index is 775. The lowest BCUT2D eigenvalue weighted by Gasteiger charge is -2.10. The minimum Gasteiger partial charge on any atom is -0.481 e. The second-order valence-electron chi connectivity index (χ2n) is 5.52. The summed E-state index contributed by atoms with van der Waals surface area (Å²) in [5, 5.41) is 9.91. The van der Waals surface area contributed by atoms with Gasteiger partial charge in [-0.15, -0.1) is 11.3 Å². The topological polar surface area (TPSA) is 72.2 Å². The van der Waals surface area contributed by atoms with Crippen LogP contribution in [0.25, 0.3) is 10.2 Å². The molecule has 1 N–H and O–H groups in total. The van der Waals surface area contributed by atoms with Gasteiger partial charge < -0.3 is 5.11 Å². The summed E-state index contributed by atoms with van der Waals surface area (Å²) >= 11 is 1.48. The lowest BCUT2D eigenvalue weighted by atomic mass is 10.0. The molecule has 0 saturated carbocycles. The first-order valence-corrected chi connectivity index (χ1v) is 8.11. The van der Waals surface area contributed by atoms with Gasteiger partial charge in [-0.25, -0.2) is 4.98 Å². The maximum absolute atomic E-state index is 12.8. The summed E-state index contributed by atoms with van der Waals surface area (Å²) in [6.07, 6.45) is 3.25. The van der Waals surface area contributed by atoms with E-state index in [0.717, 1.165) is 29.7 Å². The number of fused-ring (bicyclic) bond motifs is 3. The van der Waals surface area contributed by atoms with Crippen LogP contribution in [0, 0.1) is 6.92 Å². The molecule has 0 saturated heterocycles. The molecule has 1 atom stereocenters. The summed E-state index contributed by atoms with van der Waals surface area (Å²) in [5.41, 5.74) is 0.654. The molecule has 1 aliphatic rings. The highest BCUT2D eigenvalue weighted by atomic mass is 32.1. The number of hydrogen-bond donors (Lipinski definition) is 1. The predicted molar refractivity (Wildman–Crippen MR) is 82.2 cm³/mol. The highest BCUT2D eigenvalue weighted by molar-refractivity contribution is 7.18. The number of aryl methyl sites for hydroxylation is 2. The Labute approximate surface area is 126 Å². The molecule has 1 unspecified atom stereocenters. The number of rotatable bonds is 4. The average Bonchev–Trinajstić information content (AvgIpc) is 2.96. The molecule has 0 aliphatic heterocycles. The molecule has 0 bridgehead atoms. The molecule has 0 fully saturated rings. The molecule has 21 heavy (non-hydrogen) atoms. The molecule has 3 rings (SSSR count). The normalized spacial score (nSPS) is 17.3. The van der Waals surface area contributed by atoms with Crippen LogP contribution in [-0.2, 0) is 17.8 Å². The van der Waals surface area contributed by atoms with Crippen LogP contribution in [-0.4, -0.2) is 20.6 Å². The fourth-order valence-corrected chi connectivity index (χ4v) is 4.34. The van der Waals surface area contributed by atoms with Crippen LogP contribution in [0.1, 0.15) is 48.4 Å². The minimum atomic E-state index is -0.839. The number of hydrogen-bond acceptors (Lipinski definition) is 4. The molecular formula is C15H18N2O3S. The number of aromatic nitrogens is 2. The average molecular weight is 306 g/mol. The number of carbonyl (C=O) groups is 1. The van der Waals surface area contributed by atoms with Gasteiger partial charge in [-0.1, -0.05) is 13.3 Å². The number of thiophene rings is 1. The summed E-state index contributed by atoms with van der Waals surface area (Å²) in [7, 11) is 0. The monoisotopic (exact) mass is 306 g/mol. The van der Waals surface area contributed by atoms with Gasteiger partial charge >= 0.3 is 5.97 Å². The second-order valence-corrected chi connectivity index (χ2v) is 6.60. The fraction of sp³-hybridized carbons (Fsp3) is 0.533. The van der Waals surface area contributed by atoms with Crippen molar-refractivity contribution in [2.75, 3.05) is 0 Å². The van der Waals surface area contributed by atoms with Crippen molar-refractivity contribution in [3.63, 3.8) is 0 Å². The van der Waals surface area contributed by atoms with E-state index < -0.39 is 11.9 Å². The first-order valence-electron chi connectivity index (χ1n) is 7.30. The van der Waals surface area contributed by atoms with Crippen molar-refractivity contribution in [3.8, 4) is 0 Å². The number of aliphatic carboxylic acids is 1. The predicted octanol–water partition coefficient (Wildman–Crippen LogP) is 2.68. The van der Waals surface area contributed by atoms with E-state index in [0.29, 0.717) is 29.0 Å². The third-order valence-electron chi connectivity index (χ3n) is 4.16. The Hall–Kier alpha value is -1.69. The number of carboxylic acids is 1. The van der Waals surface area contributed by atoms with Crippen molar-refractivity contribution in [2.24, 2.45) is 0 Å². The molecule has 2 aromatic rings. The van der Waals surface area contributed by atoms with Crippen molar-refractivity contribution < 1.29 is 9.90 Å². The lowest BCUT2D eigenvalue weighted by Crippen LogP contribution is -2.24. The SMILES string of the molecule is CCCCn1c(C)nc2sc3c(c2c1=O)C(C(=O)O)CC3. The Kier molecular flexibility index (Phi) is 3.57. The summed E-state index contributed by atoms with van der Waals surface area (Å²) < 4.78 is 1.69. The highest BCUT2D eigenvalue weighted by Crippen LogP contribution is 2.42. The van der Waals surface area contributed by atoms with Gasteiger partial charge in [0.2, 0.25) is 0 Å². The van der Waals surface area contributed by atoms with E-state index >= 15 is 0 Å². The van der Waals surface area contributed by atoms with Gasteiger partial charge in [0.05, 0.1) is 11.3 Å². The van der Waals surface area contributed by atoms with Crippen molar-refractivity contribution >= 4 is 27.5 Å². The van der Waals surface area contributed by atoms with Crippen LogP contribution in [0.5, 0.6) is 0 Å². The molecule has 0 radical (unpaired) electrons. The molecule has 2 aromatic heterocycles. The third kappa shape index (κ3) is 2.18. The first-order chi connectivity index (χ1) is 10.0. The van der Waals surface area contributed by atoms with Crippen LogP contribution in [0.15, 0.2) is 4.79 Å². The zero-order chi connectivity index (χ0) is 15.1. The minimum absolute atomic E-state index is 0.0726. The molecule has 0 spiro atoms. The smallest absolute Gasteiger partial charge is 0.311 e. The molecule has 6 heteroatoms. The molecular weight excluding hydrogens is 288 g/mol. The summed E-state index contributed by atoms with van der Waals surface area (Å²) in [6.45, 7) is 4.57. The van der Waals surface area contributed by atoms with Crippen LogP contribution >= 0.6 is 11.3 Å². The maximum Gasteiger partial charge on any atom is 0.311 e. The largest absolute Gasteiger partial charge is 0.481 e. The van der Waals surface area contributed by atoms with E-state index in [9.17, 15) is 14.7 Å². The lowest BCUT2D eigenvalue weighted by molar-refractivity contribution is -0.138. The fourth-order valence-electron chi connectivity index (χ4n) is 3.05. The summed E-state index contributed by atoms with van der Waals surface area (Å²) in [5.74, 6) is -0.674. The summed E-state index contributed by atoms with van der Waals surface area (Å²) in [4.78, 5) is 30.5. The Morgan fingerprint density at radius 1 is 1.52 bits per heavy atom. The van der Waals surface area contributed by atoms with E-state index in [1.807, 2.05) is 6.92 Å². The van der Waals surface area contributed by atoms with Gasteiger partial charge in [-0.05, 0) is 31.7 Å². The van der Waals surface area contributed by atoms with E-state index in [-0.39, 0.29) is 5.56 Å². The quantitative estimate of drug-likeness (QED) is 0.942. The summed E-state index contributed by atoms with van der Waals surface area (Å²) in [6, 6.07) is 0. The van der Waals surface area contributed by atoms with Gasteiger partial charge in [0.15, 0.2) is 0 Å². The highest BCUT2D eigenvalue weighted by Gasteiger charge is 2.34. The Balaban J connectivity index is 2.24. The zero-order valence-electron chi connectivity index (χ0n) is 12.2. The molecule has 112 valence electrons. The molecule has 0 amide bonds. The van der Waals surface area contributed by atoms with E-state index in [2.05, 4.69) is 11.9 Å². The Morgan fingerprint density at radius 2 is 2.29 bits per heavy atom. The molecule has 1 aliphatic carbocycles. The number of carboxylic acid groups (broad SMARTS) is 1. The van der Waals surface area contributed by atoms with Crippen LogP contribution in [0.4, 0.5) is 0 Å². The van der Waals surface area contributed by atoms with Gasteiger partial charge in [0, 0.05) is 11.4 Å². The third-order valence-corrected chi connectivity index (χ3v) is 5.32. The van der Waals surface area contributed by atoms with Crippen molar-refractivity contribution in [3.05, 3.63) is 26.6 Å². The van der Waals surface area contributed by atoms with Gasteiger partial charge in [0.1, 0.15) is 10.7 Å². The molecule has 2 heterocycles. The van der Waals surface area contributed by atoms with E-state index in [1.165, 1.54) is 11.3 Å². The second kappa shape index (κ2) is 5.26. The van der Waals surface area contributed by atoms with E-state index in [1.54, 1.807) is 4.57 Å². The van der Waals surface area contributed by atoms with Crippen LogP contribution in [0.3, 0.4) is 0 Å². The van der Waals surface area contributed by atoms with Crippen molar-refractivity contribution in [1.82, 2.24) is 9.55 Å². The van der Waals surface area contributed by atoms with Crippen molar-refractivity contribution in [2.45, 2.75) is 52.0 Å².